The molecule has 2 aromatic carbocycles. The molecule has 0 spiro atoms. The summed E-state index contributed by atoms with van der Waals surface area (Å²) in [7, 11) is -4.24. The van der Waals surface area contributed by atoms with Gasteiger partial charge in [0.05, 0.1) is 16.1 Å². The third-order valence-corrected chi connectivity index (χ3v) is 5.19. The van der Waals surface area contributed by atoms with E-state index in [0.717, 1.165) is 0 Å². The molecule has 0 heterocycles. The molecule has 24 heavy (non-hydrogen) atoms. The van der Waals surface area contributed by atoms with Gasteiger partial charge in [-0.3, -0.25) is 4.72 Å². The Morgan fingerprint density at radius 1 is 1.12 bits per heavy atom. The van der Waals surface area contributed by atoms with E-state index < -0.39 is 33.3 Å². The number of hydrogen-bond acceptors (Lipinski definition) is 2. The van der Waals surface area contributed by atoms with Gasteiger partial charge in [0.25, 0.3) is 10.0 Å². The van der Waals surface area contributed by atoms with Crippen LogP contribution in [0.1, 0.15) is 18.1 Å². The standard InChI is InChI=1S/C15H12BrF4NO2S/c1-2-9-7-11(16)4-6-14(9)24(22,23)21-13-8-10(15(18,19)20)3-5-12(13)17/h3-8,21H,2H2,1H3. The van der Waals surface area contributed by atoms with Crippen LogP contribution in [-0.4, -0.2) is 8.42 Å². The highest BCUT2D eigenvalue weighted by atomic mass is 79.9. The van der Waals surface area contributed by atoms with E-state index in [0.29, 0.717) is 34.7 Å². The van der Waals surface area contributed by atoms with Gasteiger partial charge in [-0.15, -0.1) is 0 Å². The molecule has 1 N–H and O–H groups in total. The molecule has 0 amide bonds. The number of alkyl halides is 3. The summed E-state index contributed by atoms with van der Waals surface area (Å²) in [6.07, 6.45) is -4.33. The Bertz CT molecular complexity index is 866. The molecule has 3 nitrogen and oxygen atoms in total. The van der Waals surface area contributed by atoms with E-state index in [-0.39, 0.29) is 4.90 Å². The van der Waals surface area contributed by atoms with Crippen LogP contribution in [0.25, 0.3) is 0 Å². The molecule has 0 aliphatic heterocycles. The molecule has 2 rings (SSSR count). The molecule has 0 radical (unpaired) electrons. The highest BCUT2D eigenvalue weighted by Crippen LogP contribution is 2.33. The van der Waals surface area contributed by atoms with Crippen molar-refractivity contribution in [3.8, 4) is 0 Å². The minimum Gasteiger partial charge on any atom is -0.277 e. The summed E-state index contributed by atoms with van der Waals surface area (Å²) in [6.45, 7) is 1.73. The second kappa shape index (κ2) is 6.72. The van der Waals surface area contributed by atoms with Gasteiger partial charge in [0.1, 0.15) is 5.82 Å². The number of benzene rings is 2. The minimum absolute atomic E-state index is 0.120. The molecule has 0 saturated heterocycles. The second-order valence-corrected chi connectivity index (χ2v) is 7.47. The van der Waals surface area contributed by atoms with Gasteiger partial charge < -0.3 is 0 Å². The van der Waals surface area contributed by atoms with Gasteiger partial charge in [-0.05, 0) is 48.4 Å². The molecular weight excluding hydrogens is 414 g/mol. The van der Waals surface area contributed by atoms with Crippen molar-refractivity contribution in [2.45, 2.75) is 24.4 Å². The van der Waals surface area contributed by atoms with Crippen molar-refractivity contribution in [2.75, 3.05) is 4.72 Å². The molecular formula is C15H12BrF4NO2S. The van der Waals surface area contributed by atoms with Crippen LogP contribution in [0.2, 0.25) is 0 Å². The smallest absolute Gasteiger partial charge is 0.277 e. The monoisotopic (exact) mass is 425 g/mol. The molecule has 130 valence electrons. The van der Waals surface area contributed by atoms with Crippen LogP contribution in [0.3, 0.4) is 0 Å². The maximum Gasteiger partial charge on any atom is 0.416 e. The number of rotatable bonds is 4. The first-order valence-electron chi connectivity index (χ1n) is 6.72. The SMILES string of the molecule is CCc1cc(Br)ccc1S(=O)(=O)Nc1cc(C(F)(F)F)ccc1F. The average Bonchev–Trinajstić information content (AvgIpc) is 2.47. The van der Waals surface area contributed by atoms with E-state index in [2.05, 4.69) is 15.9 Å². The Hall–Kier alpha value is -1.61. The van der Waals surface area contributed by atoms with E-state index in [1.165, 1.54) is 12.1 Å². The summed E-state index contributed by atoms with van der Waals surface area (Å²) < 4.78 is 79.3. The van der Waals surface area contributed by atoms with Crippen molar-refractivity contribution in [3.63, 3.8) is 0 Å². The normalized spacial score (nSPS) is 12.2. The van der Waals surface area contributed by atoms with Crippen molar-refractivity contribution in [1.29, 1.82) is 0 Å². The number of halogens is 5. The lowest BCUT2D eigenvalue weighted by atomic mass is 10.2. The lowest BCUT2D eigenvalue weighted by molar-refractivity contribution is -0.137. The molecule has 9 heteroatoms. The Kier molecular flexibility index (Phi) is 5.24. The van der Waals surface area contributed by atoms with Crippen LogP contribution >= 0.6 is 15.9 Å². The van der Waals surface area contributed by atoms with Gasteiger partial charge in [0.2, 0.25) is 0 Å². The van der Waals surface area contributed by atoms with Gasteiger partial charge in [0.15, 0.2) is 0 Å². The molecule has 2 aromatic rings. The number of aryl methyl sites for hydroxylation is 1. The Morgan fingerprint density at radius 2 is 1.79 bits per heavy atom. The zero-order chi connectivity index (χ0) is 18.1. The third kappa shape index (κ3) is 4.07. The van der Waals surface area contributed by atoms with Crippen LogP contribution in [0.4, 0.5) is 23.2 Å². The fraction of sp³-hybridized carbons (Fsp3) is 0.200. The Morgan fingerprint density at radius 3 is 2.38 bits per heavy atom. The van der Waals surface area contributed by atoms with Crippen molar-refractivity contribution >= 4 is 31.6 Å². The van der Waals surface area contributed by atoms with Crippen molar-refractivity contribution < 1.29 is 26.0 Å². The summed E-state index contributed by atoms with van der Waals surface area (Å²) in [5, 5.41) is 0. The fourth-order valence-corrected chi connectivity index (χ4v) is 3.83. The van der Waals surface area contributed by atoms with Crippen molar-refractivity contribution in [1.82, 2.24) is 0 Å². The number of sulfonamides is 1. The number of nitrogens with one attached hydrogen (secondary N) is 1. The summed E-state index contributed by atoms with van der Waals surface area (Å²) in [5.74, 6) is -1.10. The predicted molar refractivity (Wildman–Crippen MR) is 85.7 cm³/mol. The van der Waals surface area contributed by atoms with Gasteiger partial charge in [-0.25, -0.2) is 12.8 Å². The van der Waals surface area contributed by atoms with E-state index in [1.807, 2.05) is 4.72 Å². The topological polar surface area (TPSA) is 46.2 Å². The lowest BCUT2D eigenvalue weighted by Crippen LogP contribution is -2.17. The van der Waals surface area contributed by atoms with Gasteiger partial charge in [0, 0.05) is 4.47 Å². The molecule has 0 unspecified atom stereocenters. The molecule has 0 atom stereocenters. The van der Waals surface area contributed by atoms with Crippen LogP contribution in [0.15, 0.2) is 45.8 Å². The number of hydrogen-bond donors (Lipinski definition) is 1. The molecule has 0 saturated carbocycles. The first-order chi connectivity index (χ1) is 11.0. The van der Waals surface area contributed by atoms with E-state index in [9.17, 15) is 26.0 Å². The van der Waals surface area contributed by atoms with Crippen LogP contribution < -0.4 is 4.72 Å². The van der Waals surface area contributed by atoms with Gasteiger partial charge in [-0.2, -0.15) is 13.2 Å². The lowest BCUT2D eigenvalue weighted by Gasteiger charge is -2.14. The molecule has 0 fully saturated rings. The largest absolute Gasteiger partial charge is 0.416 e. The minimum atomic E-state index is -4.71. The molecule has 0 aliphatic carbocycles. The second-order valence-electron chi connectivity index (χ2n) is 4.90. The zero-order valence-corrected chi connectivity index (χ0v) is 14.7. The maximum atomic E-state index is 13.7. The van der Waals surface area contributed by atoms with Gasteiger partial charge >= 0.3 is 6.18 Å². The summed E-state index contributed by atoms with van der Waals surface area (Å²) in [5.41, 5.74) is -1.45. The maximum absolute atomic E-state index is 13.7. The van der Waals surface area contributed by atoms with Crippen molar-refractivity contribution in [3.05, 3.63) is 57.8 Å². The summed E-state index contributed by atoms with van der Waals surface area (Å²) in [4.78, 5) is -0.120. The first-order valence-corrected chi connectivity index (χ1v) is 9.00. The van der Waals surface area contributed by atoms with E-state index in [4.69, 9.17) is 0 Å². The zero-order valence-electron chi connectivity index (χ0n) is 12.3. The third-order valence-electron chi connectivity index (χ3n) is 3.23. The van der Waals surface area contributed by atoms with E-state index in [1.54, 1.807) is 13.0 Å². The Labute approximate surface area is 144 Å². The van der Waals surface area contributed by atoms with Gasteiger partial charge in [-0.1, -0.05) is 22.9 Å². The highest BCUT2D eigenvalue weighted by Gasteiger charge is 2.31. The van der Waals surface area contributed by atoms with Crippen LogP contribution in [-0.2, 0) is 22.6 Å². The van der Waals surface area contributed by atoms with E-state index >= 15 is 0 Å². The quantitative estimate of drug-likeness (QED) is 0.702. The first kappa shape index (κ1) is 18.7. The summed E-state index contributed by atoms with van der Waals surface area (Å²) >= 11 is 3.21. The molecule has 0 aromatic heterocycles. The van der Waals surface area contributed by atoms with Crippen molar-refractivity contribution in [2.24, 2.45) is 0 Å². The summed E-state index contributed by atoms with van der Waals surface area (Å²) in [6, 6.07) is 5.91. The fourth-order valence-electron chi connectivity index (χ4n) is 2.07. The highest BCUT2D eigenvalue weighted by molar-refractivity contribution is 9.10. The molecule has 0 aliphatic rings. The molecule has 0 bridgehead atoms. The predicted octanol–water partition coefficient (Wildman–Crippen LogP) is 4.97. The van der Waals surface area contributed by atoms with Crippen LogP contribution in [0, 0.1) is 5.82 Å². The van der Waals surface area contributed by atoms with Crippen LogP contribution in [0.5, 0.6) is 0 Å². The Balaban J connectivity index is 2.47. The number of anilines is 1. The average molecular weight is 426 g/mol.